The Morgan fingerprint density at radius 3 is 1.34 bits per heavy atom. The average Bonchev–Trinajstić information content (AvgIpc) is 2.90. The van der Waals surface area contributed by atoms with Gasteiger partial charge in [0.1, 0.15) is 0 Å². The summed E-state index contributed by atoms with van der Waals surface area (Å²) in [5.74, 6) is 0. The van der Waals surface area contributed by atoms with Crippen LogP contribution in [-0.2, 0) is 0 Å². The molecule has 0 saturated heterocycles. The third kappa shape index (κ3) is 5.89. The van der Waals surface area contributed by atoms with Crippen molar-refractivity contribution in [2.75, 3.05) is 0 Å². The molecule has 0 nitrogen and oxygen atoms in total. The SMILES string of the molecule is C.C/C=C\C=C(/C)c1c(C)c(-c2ccccc2)c(-c2ccccc2)c(C)c1-c1ccccc1.CC. The molecular weight excluding hydrogens is 420 g/mol. The molecular formula is C35H40. The molecule has 4 aromatic carbocycles. The van der Waals surface area contributed by atoms with Crippen LogP contribution in [0.4, 0.5) is 0 Å². The van der Waals surface area contributed by atoms with E-state index in [9.17, 15) is 0 Å². The van der Waals surface area contributed by atoms with Gasteiger partial charge in [-0.2, -0.15) is 0 Å². The maximum atomic E-state index is 2.28. The highest BCUT2D eigenvalue weighted by molar-refractivity contribution is 5.98. The van der Waals surface area contributed by atoms with E-state index in [-0.39, 0.29) is 7.43 Å². The van der Waals surface area contributed by atoms with Crippen LogP contribution in [0, 0.1) is 13.8 Å². The maximum Gasteiger partial charge on any atom is -0.00668 e. The first-order valence-electron chi connectivity index (χ1n) is 12.3. The maximum absolute atomic E-state index is 2.28. The fourth-order valence-corrected chi connectivity index (χ4v) is 4.71. The molecule has 0 heteroatoms. The largest absolute Gasteiger partial charge is 0.0877 e. The van der Waals surface area contributed by atoms with E-state index in [0.29, 0.717) is 0 Å². The van der Waals surface area contributed by atoms with Crippen LogP contribution in [0.5, 0.6) is 0 Å². The molecule has 180 valence electrons. The standard InChI is InChI=1S/C32H30.C2H6.CH4/c1-5-6-16-23(2)29-24(3)31(27-19-12-8-13-20-27)32(28-21-14-9-15-22-28)25(4)30(29)26-17-10-7-11-18-26;1-2;/h5-22H,1-4H3;1-2H3;1H4/b6-5-,23-16+;;. The lowest BCUT2D eigenvalue weighted by Crippen LogP contribution is -2.02. The van der Waals surface area contributed by atoms with Gasteiger partial charge in [-0.1, -0.05) is 130 Å². The lowest BCUT2D eigenvalue weighted by Gasteiger charge is -2.25. The van der Waals surface area contributed by atoms with E-state index in [1.165, 1.54) is 55.6 Å². The molecule has 4 rings (SSSR count). The van der Waals surface area contributed by atoms with Crippen molar-refractivity contribution in [1.29, 1.82) is 0 Å². The quantitative estimate of drug-likeness (QED) is 0.260. The monoisotopic (exact) mass is 460 g/mol. The van der Waals surface area contributed by atoms with Crippen LogP contribution in [0.2, 0.25) is 0 Å². The Labute approximate surface area is 213 Å². The average molecular weight is 461 g/mol. The van der Waals surface area contributed by atoms with E-state index in [0.717, 1.165) is 0 Å². The fourth-order valence-electron chi connectivity index (χ4n) is 4.71. The minimum absolute atomic E-state index is 0. The van der Waals surface area contributed by atoms with Crippen molar-refractivity contribution in [2.45, 2.75) is 49.0 Å². The molecule has 0 bridgehead atoms. The van der Waals surface area contributed by atoms with Crippen molar-refractivity contribution in [1.82, 2.24) is 0 Å². The summed E-state index contributed by atoms with van der Waals surface area (Å²) in [5, 5.41) is 0. The summed E-state index contributed by atoms with van der Waals surface area (Å²) in [6.07, 6.45) is 6.45. The van der Waals surface area contributed by atoms with E-state index < -0.39 is 0 Å². The molecule has 0 unspecified atom stereocenters. The van der Waals surface area contributed by atoms with Crippen molar-refractivity contribution in [2.24, 2.45) is 0 Å². The van der Waals surface area contributed by atoms with Gasteiger partial charge in [-0.15, -0.1) is 0 Å². The molecule has 0 aliphatic rings. The second-order valence-electron chi connectivity index (χ2n) is 8.22. The molecule has 0 spiro atoms. The van der Waals surface area contributed by atoms with Gasteiger partial charge in [-0.25, -0.2) is 0 Å². The van der Waals surface area contributed by atoms with Gasteiger partial charge in [0.15, 0.2) is 0 Å². The van der Waals surface area contributed by atoms with E-state index in [1.807, 2.05) is 13.8 Å². The summed E-state index contributed by atoms with van der Waals surface area (Å²) in [5.41, 5.74) is 13.0. The van der Waals surface area contributed by atoms with Gasteiger partial charge in [-0.05, 0) is 83.3 Å². The summed E-state index contributed by atoms with van der Waals surface area (Å²) in [4.78, 5) is 0. The zero-order valence-corrected chi connectivity index (χ0v) is 21.4. The second kappa shape index (κ2) is 13.3. The third-order valence-corrected chi connectivity index (χ3v) is 6.12. The number of hydrogen-bond acceptors (Lipinski definition) is 0. The lowest BCUT2D eigenvalue weighted by atomic mass is 9.78. The number of rotatable bonds is 5. The Hall–Kier alpha value is -3.64. The molecule has 0 fully saturated rings. The predicted octanol–water partition coefficient (Wildman–Crippen LogP) is 10.9. The summed E-state index contributed by atoms with van der Waals surface area (Å²) >= 11 is 0. The van der Waals surface area contributed by atoms with Crippen molar-refractivity contribution in [3.63, 3.8) is 0 Å². The molecule has 0 aliphatic carbocycles. The van der Waals surface area contributed by atoms with E-state index >= 15 is 0 Å². The highest BCUT2D eigenvalue weighted by Crippen LogP contribution is 2.46. The Morgan fingerprint density at radius 2 is 0.943 bits per heavy atom. The Kier molecular flexibility index (Phi) is 10.5. The minimum Gasteiger partial charge on any atom is -0.0877 e. The summed E-state index contributed by atoms with van der Waals surface area (Å²) in [7, 11) is 0. The summed E-state index contributed by atoms with van der Waals surface area (Å²) < 4.78 is 0. The van der Waals surface area contributed by atoms with Gasteiger partial charge in [-0.3, -0.25) is 0 Å². The Morgan fingerprint density at radius 1 is 0.571 bits per heavy atom. The first-order chi connectivity index (χ1) is 16.6. The van der Waals surface area contributed by atoms with E-state index in [4.69, 9.17) is 0 Å². The van der Waals surface area contributed by atoms with Crippen LogP contribution in [-0.4, -0.2) is 0 Å². The number of hydrogen-bond donors (Lipinski definition) is 0. The topological polar surface area (TPSA) is 0 Å². The molecule has 35 heavy (non-hydrogen) atoms. The summed E-state index contributed by atoms with van der Waals surface area (Å²) in [6, 6.07) is 32.4. The highest BCUT2D eigenvalue weighted by atomic mass is 14.3. The smallest absolute Gasteiger partial charge is 0.00668 e. The van der Waals surface area contributed by atoms with Gasteiger partial charge in [0.25, 0.3) is 0 Å². The number of allylic oxidation sites excluding steroid dienone is 4. The number of benzene rings is 4. The van der Waals surface area contributed by atoms with Gasteiger partial charge < -0.3 is 0 Å². The van der Waals surface area contributed by atoms with Gasteiger partial charge in [0, 0.05) is 0 Å². The molecule has 4 aromatic rings. The highest BCUT2D eigenvalue weighted by Gasteiger charge is 2.23. The predicted molar refractivity (Wildman–Crippen MR) is 159 cm³/mol. The molecule has 0 saturated carbocycles. The van der Waals surface area contributed by atoms with E-state index in [2.05, 4.69) is 137 Å². The van der Waals surface area contributed by atoms with Crippen LogP contribution in [0.3, 0.4) is 0 Å². The van der Waals surface area contributed by atoms with Gasteiger partial charge in [0.05, 0.1) is 0 Å². The summed E-state index contributed by atoms with van der Waals surface area (Å²) in [6.45, 7) is 12.9. The Balaban J connectivity index is 0.00000140. The van der Waals surface area contributed by atoms with Crippen molar-refractivity contribution < 1.29 is 0 Å². The fraction of sp³-hybridized carbons (Fsp3) is 0.200. The molecule has 0 amide bonds. The van der Waals surface area contributed by atoms with Crippen molar-refractivity contribution in [3.05, 3.63) is 126 Å². The van der Waals surface area contributed by atoms with Crippen molar-refractivity contribution >= 4 is 5.57 Å². The zero-order valence-electron chi connectivity index (χ0n) is 21.4. The van der Waals surface area contributed by atoms with Gasteiger partial charge >= 0.3 is 0 Å². The second-order valence-corrected chi connectivity index (χ2v) is 8.22. The van der Waals surface area contributed by atoms with E-state index in [1.54, 1.807) is 0 Å². The molecule has 0 radical (unpaired) electrons. The molecule has 0 aromatic heterocycles. The zero-order chi connectivity index (χ0) is 24.5. The third-order valence-electron chi connectivity index (χ3n) is 6.12. The first-order valence-corrected chi connectivity index (χ1v) is 12.3. The molecule has 0 atom stereocenters. The van der Waals surface area contributed by atoms with Crippen LogP contribution >= 0.6 is 0 Å². The normalized spacial score (nSPS) is 11.0. The van der Waals surface area contributed by atoms with Crippen LogP contribution in [0.15, 0.2) is 109 Å². The lowest BCUT2D eigenvalue weighted by molar-refractivity contribution is 1.34. The Bertz CT molecular complexity index is 1260. The van der Waals surface area contributed by atoms with Crippen LogP contribution < -0.4 is 0 Å². The molecule has 0 heterocycles. The van der Waals surface area contributed by atoms with Crippen LogP contribution in [0.1, 0.15) is 51.8 Å². The molecule has 0 aliphatic heterocycles. The van der Waals surface area contributed by atoms with Gasteiger partial charge in [0.2, 0.25) is 0 Å². The van der Waals surface area contributed by atoms with Crippen LogP contribution in [0.25, 0.3) is 39.0 Å². The van der Waals surface area contributed by atoms with Crippen molar-refractivity contribution in [3.8, 4) is 33.4 Å². The first kappa shape index (κ1) is 27.6. The minimum atomic E-state index is 0. The molecule has 0 N–H and O–H groups in total.